The standard InChI is InChI=1S/C19H27NO2/c1-18-9-7-15-13(14(18)5-3-12(18)11-21)4-6-16-19(15,2)10-8-17(22)20-16/h6,11-15H,3-5,7-10H2,1-2H3,(H,20,22)/t12-,13+,14+,15+,18-,19-/m1/s1. The summed E-state index contributed by atoms with van der Waals surface area (Å²) in [6, 6.07) is 0. The van der Waals surface area contributed by atoms with Gasteiger partial charge in [-0.2, -0.15) is 0 Å². The zero-order chi connectivity index (χ0) is 15.5. The molecule has 0 spiro atoms. The van der Waals surface area contributed by atoms with Crippen molar-refractivity contribution in [2.24, 2.45) is 34.5 Å². The number of hydrogen-bond donors (Lipinski definition) is 1. The van der Waals surface area contributed by atoms with Gasteiger partial charge in [-0.1, -0.05) is 19.9 Å². The highest BCUT2D eigenvalue weighted by Gasteiger charge is 2.58. The van der Waals surface area contributed by atoms with Crippen LogP contribution < -0.4 is 5.32 Å². The Morgan fingerprint density at radius 1 is 1.18 bits per heavy atom. The number of allylic oxidation sites excluding steroid dienone is 2. The van der Waals surface area contributed by atoms with Gasteiger partial charge in [0, 0.05) is 23.5 Å². The van der Waals surface area contributed by atoms with Crippen LogP contribution in [0.15, 0.2) is 11.8 Å². The minimum Gasteiger partial charge on any atom is -0.330 e. The third-order valence-electron chi connectivity index (χ3n) is 7.85. The predicted octanol–water partition coefficient (Wildman–Crippen LogP) is 3.45. The van der Waals surface area contributed by atoms with Gasteiger partial charge < -0.3 is 10.1 Å². The highest BCUT2D eigenvalue weighted by molar-refractivity contribution is 5.79. The Kier molecular flexibility index (Phi) is 3.08. The van der Waals surface area contributed by atoms with Crippen LogP contribution in [0, 0.1) is 34.5 Å². The zero-order valence-electron chi connectivity index (χ0n) is 13.7. The van der Waals surface area contributed by atoms with Crippen molar-refractivity contribution in [1.82, 2.24) is 5.32 Å². The number of nitrogens with one attached hydrogen (secondary N) is 1. The molecule has 1 amide bonds. The first-order chi connectivity index (χ1) is 10.5. The van der Waals surface area contributed by atoms with E-state index in [-0.39, 0.29) is 22.7 Å². The number of piperidine rings is 1. The number of aldehydes is 1. The molecule has 3 heteroatoms. The van der Waals surface area contributed by atoms with Crippen LogP contribution in [0.1, 0.15) is 58.8 Å². The molecule has 2 saturated carbocycles. The topological polar surface area (TPSA) is 46.2 Å². The van der Waals surface area contributed by atoms with Crippen LogP contribution in [0.25, 0.3) is 0 Å². The van der Waals surface area contributed by atoms with Gasteiger partial charge in [-0.3, -0.25) is 4.79 Å². The zero-order valence-corrected chi connectivity index (χ0v) is 13.7. The van der Waals surface area contributed by atoms with E-state index >= 15 is 0 Å². The van der Waals surface area contributed by atoms with Crippen LogP contribution in [-0.4, -0.2) is 12.2 Å². The number of hydrogen-bond acceptors (Lipinski definition) is 2. The van der Waals surface area contributed by atoms with E-state index < -0.39 is 0 Å². The smallest absolute Gasteiger partial charge is 0.224 e. The molecule has 4 aliphatic rings. The Morgan fingerprint density at radius 2 is 2.00 bits per heavy atom. The molecule has 0 aromatic carbocycles. The van der Waals surface area contributed by atoms with Gasteiger partial charge in [0.2, 0.25) is 5.91 Å². The first-order valence-corrected chi connectivity index (χ1v) is 8.95. The molecular weight excluding hydrogens is 274 g/mol. The largest absolute Gasteiger partial charge is 0.330 e. The van der Waals surface area contributed by atoms with E-state index in [2.05, 4.69) is 25.2 Å². The molecule has 22 heavy (non-hydrogen) atoms. The maximum absolute atomic E-state index is 11.7. The monoisotopic (exact) mass is 301 g/mol. The lowest BCUT2D eigenvalue weighted by atomic mass is 9.49. The summed E-state index contributed by atoms with van der Waals surface area (Å²) in [7, 11) is 0. The fourth-order valence-electron chi connectivity index (χ4n) is 6.46. The minimum atomic E-state index is 0.150. The van der Waals surface area contributed by atoms with Gasteiger partial charge in [0.1, 0.15) is 6.29 Å². The molecule has 120 valence electrons. The lowest BCUT2D eigenvalue weighted by molar-refractivity contribution is -0.126. The second kappa shape index (κ2) is 4.69. The summed E-state index contributed by atoms with van der Waals surface area (Å²) in [6.07, 6.45) is 11.0. The number of rotatable bonds is 1. The molecular formula is C19H27NO2. The second-order valence-electron chi connectivity index (χ2n) is 8.56. The highest BCUT2D eigenvalue weighted by atomic mass is 16.1. The average Bonchev–Trinajstić information content (AvgIpc) is 2.84. The van der Waals surface area contributed by atoms with E-state index in [1.807, 2.05) is 0 Å². The Hall–Kier alpha value is -1.12. The first-order valence-electron chi connectivity index (χ1n) is 8.95. The predicted molar refractivity (Wildman–Crippen MR) is 84.8 cm³/mol. The minimum absolute atomic E-state index is 0.150. The third kappa shape index (κ3) is 1.74. The van der Waals surface area contributed by atoms with E-state index in [1.165, 1.54) is 31.2 Å². The SMILES string of the molecule is C[C@]12CC[C@H]3[C@@H](CC=C4NC(=O)CC[C@@]43C)[C@@H]1CC[C@@H]2C=O. The van der Waals surface area contributed by atoms with Crippen LogP contribution in [-0.2, 0) is 9.59 Å². The normalized spacial score (nSPS) is 50.3. The number of fused-ring (bicyclic) bond motifs is 5. The van der Waals surface area contributed by atoms with Crippen molar-refractivity contribution in [3.63, 3.8) is 0 Å². The quantitative estimate of drug-likeness (QED) is 0.754. The molecule has 0 radical (unpaired) electrons. The molecule has 1 N–H and O–H groups in total. The molecule has 1 aliphatic heterocycles. The summed E-state index contributed by atoms with van der Waals surface area (Å²) in [4.78, 5) is 23.2. The Morgan fingerprint density at radius 3 is 2.77 bits per heavy atom. The number of carbonyl (C=O) groups is 2. The lowest BCUT2D eigenvalue weighted by Gasteiger charge is -2.57. The summed E-state index contributed by atoms with van der Waals surface area (Å²) in [5, 5.41) is 3.15. The van der Waals surface area contributed by atoms with Gasteiger partial charge in [0.15, 0.2) is 0 Å². The maximum Gasteiger partial charge on any atom is 0.224 e. The van der Waals surface area contributed by atoms with Crippen molar-refractivity contribution in [1.29, 1.82) is 0 Å². The van der Waals surface area contributed by atoms with Gasteiger partial charge in [-0.25, -0.2) is 0 Å². The summed E-state index contributed by atoms with van der Waals surface area (Å²) < 4.78 is 0. The average molecular weight is 301 g/mol. The summed E-state index contributed by atoms with van der Waals surface area (Å²) in [5.41, 5.74) is 1.57. The number of amides is 1. The molecule has 1 heterocycles. The van der Waals surface area contributed by atoms with Crippen LogP contribution >= 0.6 is 0 Å². The van der Waals surface area contributed by atoms with Crippen molar-refractivity contribution >= 4 is 12.2 Å². The highest BCUT2D eigenvalue weighted by Crippen LogP contribution is 2.64. The lowest BCUT2D eigenvalue weighted by Crippen LogP contribution is -2.53. The molecule has 0 aromatic rings. The Balaban J connectivity index is 1.68. The molecule has 4 rings (SSSR count). The Labute approximate surface area is 132 Å². The molecule has 1 saturated heterocycles. The summed E-state index contributed by atoms with van der Waals surface area (Å²) >= 11 is 0. The number of carbonyl (C=O) groups excluding carboxylic acids is 2. The van der Waals surface area contributed by atoms with Gasteiger partial charge in [-0.15, -0.1) is 0 Å². The molecule has 3 nitrogen and oxygen atoms in total. The van der Waals surface area contributed by atoms with Crippen molar-refractivity contribution in [3.8, 4) is 0 Å². The molecule has 6 atom stereocenters. The summed E-state index contributed by atoms with van der Waals surface area (Å²) in [5.74, 6) is 2.52. The van der Waals surface area contributed by atoms with E-state index in [9.17, 15) is 9.59 Å². The maximum atomic E-state index is 11.7. The molecule has 3 aliphatic carbocycles. The van der Waals surface area contributed by atoms with E-state index in [0.717, 1.165) is 19.3 Å². The fraction of sp³-hybridized carbons (Fsp3) is 0.789. The molecule has 0 bridgehead atoms. The van der Waals surface area contributed by atoms with Crippen molar-refractivity contribution in [2.45, 2.75) is 58.8 Å². The molecule has 3 fully saturated rings. The van der Waals surface area contributed by atoms with E-state index in [1.54, 1.807) is 0 Å². The second-order valence-corrected chi connectivity index (χ2v) is 8.56. The van der Waals surface area contributed by atoms with Gasteiger partial charge in [0.25, 0.3) is 0 Å². The van der Waals surface area contributed by atoms with E-state index in [4.69, 9.17) is 0 Å². The van der Waals surface area contributed by atoms with Gasteiger partial charge in [0.05, 0.1) is 0 Å². The fourth-order valence-corrected chi connectivity index (χ4v) is 6.46. The third-order valence-corrected chi connectivity index (χ3v) is 7.85. The molecule has 0 aromatic heterocycles. The van der Waals surface area contributed by atoms with Crippen LogP contribution in [0.3, 0.4) is 0 Å². The van der Waals surface area contributed by atoms with Gasteiger partial charge in [-0.05, 0) is 61.7 Å². The van der Waals surface area contributed by atoms with Crippen molar-refractivity contribution in [2.75, 3.05) is 0 Å². The Bertz CT molecular complexity index is 554. The van der Waals surface area contributed by atoms with Crippen molar-refractivity contribution in [3.05, 3.63) is 11.8 Å². The van der Waals surface area contributed by atoms with Crippen LogP contribution in [0.5, 0.6) is 0 Å². The van der Waals surface area contributed by atoms with Crippen molar-refractivity contribution < 1.29 is 9.59 Å². The molecule has 0 unspecified atom stereocenters. The van der Waals surface area contributed by atoms with E-state index in [0.29, 0.717) is 24.2 Å². The summed E-state index contributed by atoms with van der Waals surface area (Å²) in [6.45, 7) is 4.73. The first kappa shape index (κ1) is 14.5. The van der Waals surface area contributed by atoms with Gasteiger partial charge >= 0.3 is 0 Å². The van der Waals surface area contributed by atoms with Crippen LogP contribution in [0.4, 0.5) is 0 Å². The van der Waals surface area contributed by atoms with Crippen LogP contribution in [0.2, 0.25) is 0 Å².